The van der Waals surface area contributed by atoms with E-state index < -0.39 is 6.04 Å². The molecule has 1 aliphatic heterocycles. The van der Waals surface area contributed by atoms with E-state index in [4.69, 9.17) is 0 Å². The first kappa shape index (κ1) is 11.4. The number of hydrogen-bond donors (Lipinski definition) is 0. The Morgan fingerprint density at radius 2 is 1.76 bits per heavy atom. The summed E-state index contributed by atoms with van der Waals surface area (Å²) in [5.41, 5.74) is 0.873. The highest BCUT2D eigenvalue weighted by Gasteiger charge is 2.38. The molecule has 2 amide bonds. The van der Waals surface area contributed by atoms with Gasteiger partial charge in [-0.3, -0.25) is 14.5 Å². The van der Waals surface area contributed by atoms with Crippen LogP contribution in [0.3, 0.4) is 0 Å². The van der Waals surface area contributed by atoms with Gasteiger partial charge in [-0.05, 0) is 19.1 Å². The van der Waals surface area contributed by atoms with Gasteiger partial charge in [-0.2, -0.15) is 0 Å². The number of benzene rings is 1. The van der Waals surface area contributed by atoms with Crippen LogP contribution in [0, 0.1) is 0 Å². The van der Waals surface area contributed by atoms with Crippen molar-refractivity contribution in [3.8, 4) is 0 Å². The largest absolute Gasteiger partial charge is 0.329 e. The number of piperazine rings is 1. The fourth-order valence-electron chi connectivity index (χ4n) is 1.82. The van der Waals surface area contributed by atoms with Crippen molar-refractivity contribution in [1.29, 1.82) is 0 Å². The quantitative estimate of drug-likeness (QED) is 0.684. The van der Waals surface area contributed by atoms with Gasteiger partial charge in [0, 0.05) is 12.7 Å². The lowest BCUT2D eigenvalue weighted by atomic mass is 10.1. The molecule has 88 valence electrons. The van der Waals surface area contributed by atoms with Gasteiger partial charge in [0.1, 0.15) is 11.7 Å². The number of carbonyl (C=O) groups excluding carboxylic acids is 2. The van der Waals surface area contributed by atoms with Crippen LogP contribution in [0.1, 0.15) is 6.92 Å². The molecule has 1 fully saturated rings. The van der Waals surface area contributed by atoms with Gasteiger partial charge in [-0.25, -0.2) is 0 Å². The van der Waals surface area contributed by atoms with Crippen LogP contribution in [0.5, 0.6) is 0 Å². The number of para-hydroxylation sites is 1. The average Bonchev–Trinajstić information content (AvgIpc) is 2.36. The Balaban J connectivity index is 2.44. The van der Waals surface area contributed by atoms with Crippen LogP contribution in [0.15, 0.2) is 42.6 Å². The van der Waals surface area contributed by atoms with Crippen molar-refractivity contribution >= 4 is 17.5 Å². The van der Waals surface area contributed by atoms with Gasteiger partial charge in [-0.15, -0.1) is 0 Å². The molecule has 0 bridgehead atoms. The average molecular weight is 230 g/mol. The van der Waals surface area contributed by atoms with Crippen molar-refractivity contribution in [2.45, 2.75) is 13.0 Å². The van der Waals surface area contributed by atoms with Crippen molar-refractivity contribution in [3.05, 3.63) is 42.6 Å². The number of hydrogen-bond acceptors (Lipinski definition) is 2. The summed E-state index contributed by atoms with van der Waals surface area (Å²) in [6, 6.07) is 8.61. The maximum Gasteiger partial charge on any atom is 0.270 e. The number of anilines is 1. The predicted molar refractivity (Wildman–Crippen MR) is 65.3 cm³/mol. The normalized spacial score (nSPS) is 21.1. The Morgan fingerprint density at radius 3 is 2.35 bits per heavy atom. The molecule has 2 rings (SSSR count). The fourth-order valence-corrected chi connectivity index (χ4v) is 1.82. The third-order valence-electron chi connectivity index (χ3n) is 3.01. The Labute approximate surface area is 100 Å². The first-order valence-electron chi connectivity index (χ1n) is 5.39. The van der Waals surface area contributed by atoms with Crippen LogP contribution in [0.4, 0.5) is 5.69 Å². The molecule has 17 heavy (non-hydrogen) atoms. The first-order valence-corrected chi connectivity index (χ1v) is 5.39. The standard InChI is InChI=1S/C13H14N2O2/c1-9-13(17)15(10(2)12(16)14(9)3)11-7-5-4-6-8-11/h4-9H,2H2,1,3H3. The highest BCUT2D eigenvalue weighted by molar-refractivity contribution is 6.14. The third-order valence-corrected chi connectivity index (χ3v) is 3.01. The lowest BCUT2D eigenvalue weighted by Crippen LogP contribution is -2.55. The summed E-state index contributed by atoms with van der Waals surface area (Å²) in [6.07, 6.45) is 0. The molecular formula is C13H14N2O2. The topological polar surface area (TPSA) is 40.6 Å². The van der Waals surface area contributed by atoms with Crippen LogP contribution < -0.4 is 4.90 Å². The van der Waals surface area contributed by atoms with Gasteiger partial charge < -0.3 is 4.90 Å². The molecule has 0 aromatic heterocycles. The number of rotatable bonds is 1. The molecule has 0 saturated carbocycles. The number of nitrogens with zero attached hydrogens (tertiary/aromatic N) is 2. The van der Waals surface area contributed by atoms with E-state index in [-0.39, 0.29) is 17.5 Å². The van der Waals surface area contributed by atoms with Gasteiger partial charge in [0.2, 0.25) is 0 Å². The van der Waals surface area contributed by atoms with Crippen molar-refractivity contribution in [3.63, 3.8) is 0 Å². The van der Waals surface area contributed by atoms with E-state index in [1.54, 1.807) is 26.1 Å². The van der Waals surface area contributed by atoms with E-state index in [9.17, 15) is 9.59 Å². The Kier molecular flexibility index (Phi) is 2.71. The summed E-state index contributed by atoms with van der Waals surface area (Å²) in [6.45, 7) is 5.41. The van der Waals surface area contributed by atoms with Gasteiger partial charge in [0.25, 0.3) is 11.8 Å². The summed E-state index contributed by atoms with van der Waals surface area (Å²) < 4.78 is 0. The van der Waals surface area contributed by atoms with E-state index in [1.165, 1.54) is 9.80 Å². The minimum Gasteiger partial charge on any atom is -0.329 e. The van der Waals surface area contributed by atoms with Crippen molar-refractivity contribution in [1.82, 2.24) is 4.90 Å². The molecule has 0 aliphatic carbocycles. The second-order valence-corrected chi connectivity index (χ2v) is 4.05. The summed E-state index contributed by atoms with van der Waals surface area (Å²) in [5.74, 6) is -0.357. The molecule has 1 heterocycles. The fraction of sp³-hybridized carbons (Fsp3) is 0.231. The lowest BCUT2D eigenvalue weighted by Gasteiger charge is -2.37. The second kappa shape index (κ2) is 4.05. The molecule has 1 aromatic carbocycles. The second-order valence-electron chi connectivity index (χ2n) is 4.05. The van der Waals surface area contributed by atoms with Crippen LogP contribution in [-0.4, -0.2) is 29.8 Å². The zero-order valence-corrected chi connectivity index (χ0v) is 9.88. The smallest absolute Gasteiger partial charge is 0.270 e. The molecular weight excluding hydrogens is 216 g/mol. The zero-order valence-electron chi connectivity index (χ0n) is 9.88. The molecule has 0 radical (unpaired) electrons. The van der Waals surface area contributed by atoms with Gasteiger partial charge in [0.15, 0.2) is 0 Å². The maximum atomic E-state index is 12.2. The summed E-state index contributed by atoms with van der Waals surface area (Å²) >= 11 is 0. The molecule has 1 saturated heterocycles. The van der Waals surface area contributed by atoms with Crippen LogP contribution in [0.2, 0.25) is 0 Å². The van der Waals surface area contributed by atoms with Gasteiger partial charge >= 0.3 is 0 Å². The van der Waals surface area contributed by atoms with E-state index in [1.807, 2.05) is 18.2 Å². The highest BCUT2D eigenvalue weighted by atomic mass is 16.2. The minimum atomic E-state index is -0.465. The summed E-state index contributed by atoms with van der Waals surface area (Å²) in [5, 5.41) is 0. The van der Waals surface area contributed by atoms with Crippen molar-refractivity contribution in [2.75, 3.05) is 11.9 Å². The Bertz CT molecular complexity index is 481. The Morgan fingerprint density at radius 1 is 1.18 bits per heavy atom. The minimum absolute atomic E-state index is 0.136. The first-order chi connectivity index (χ1) is 8.04. The number of amides is 2. The number of carbonyl (C=O) groups is 2. The van der Waals surface area contributed by atoms with E-state index in [2.05, 4.69) is 6.58 Å². The van der Waals surface area contributed by atoms with E-state index >= 15 is 0 Å². The van der Waals surface area contributed by atoms with Crippen LogP contribution in [-0.2, 0) is 9.59 Å². The van der Waals surface area contributed by atoms with Crippen LogP contribution >= 0.6 is 0 Å². The SMILES string of the molecule is C=C1C(=O)N(C)C(C)C(=O)N1c1ccccc1. The molecule has 4 heteroatoms. The van der Waals surface area contributed by atoms with Crippen molar-refractivity contribution in [2.24, 2.45) is 0 Å². The summed E-state index contributed by atoms with van der Waals surface area (Å²) in [4.78, 5) is 26.8. The molecule has 4 nitrogen and oxygen atoms in total. The predicted octanol–water partition coefficient (Wildman–Crippen LogP) is 1.39. The monoisotopic (exact) mass is 230 g/mol. The van der Waals surface area contributed by atoms with Crippen molar-refractivity contribution < 1.29 is 9.59 Å². The number of likely N-dealkylation sites (N-methyl/N-ethyl adjacent to an activating group) is 1. The molecule has 0 spiro atoms. The molecule has 1 aromatic rings. The Hall–Kier alpha value is -2.10. The third kappa shape index (κ3) is 1.71. The van der Waals surface area contributed by atoms with E-state index in [0.29, 0.717) is 5.69 Å². The van der Waals surface area contributed by atoms with Gasteiger partial charge in [-0.1, -0.05) is 24.8 Å². The molecule has 1 unspecified atom stereocenters. The molecule has 1 atom stereocenters. The van der Waals surface area contributed by atoms with E-state index in [0.717, 1.165) is 0 Å². The molecule has 1 aliphatic rings. The highest BCUT2D eigenvalue weighted by Crippen LogP contribution is 2.25. The zero-order chi connectivity index (χ0) is 12.6. The van der Waals surface area contributed by atoms with Crippen LogP contribution in [0.25, 0.3) is 0 Å². The van der Waals surface area contributed by atoms with Gasteiger partial charge in [0.05, 0.1) is 0 Å². The summed E-state index contributed by atoms with van der Waals surface area (Å²) in [7, 11) is 1.61. The molecule has 0 N–H and O–H groups in total. The maximum absolute atomic E-state index is 12.2. The lowest BCUT2D eigenvalue weighted by molar-refractivity contribution is -0.137.